The highest BCUT2D eigenvalue weighted by molar-refractivity contribution is 6.10. The Balaban J connectivity index is 1.80. The summed E-state index contributed by atoms with van der Waals surface area (Å²) in [5.41, 5.74) is -0.314. The van der Waals surface area contributed by atoms with Crippen molar-refractivity contribution in [3.05, 3.63) is 71.8 Å². The molecule has 0 radical (unpaired) electrons. The van der Waals surface area contributed by atoms with Crippen LogP contribution >= 0.6 is 0 Å². The van der Waals surface area contributed by atoms with Crippen molar-refractivity contribution < 1.29 is 23.9 Å². The van der Waals surface area contributed by atoms with Crippen molar-refractivity contribution >= 4 is 23.7 Å². The van der Waals surface area contributed by atoms with Crippen molar-refractivity contribution in [2.75, 3.05) is 0 Å². The third kappa shape index (κ3) is 3.08. The molecule has 2 atom stereocenters. The highest BCUT2D eigenvalue weighted by atomic mass is 16.6. The van der Waals surface area contributed by atoms with E-state index in [1.165, 1.54) is 0 Å². The van der Waals surface area contributed by atoms with Crippen molar-refractivity contribution in [2.24, 2.45) is 5.92 Å². The van der Waals surface area contributed by atoms with Gasteiger partial charge >= 0.3 is 12.0 Å². The number of ether oxygens (including phenoxy) is 1. The summed E-state index contributed by atoms with van der Waals surface area (Å²) in [5.74, 6) is -2.02. The number of carbonyl (C=O) groups excluding carboxylic acids is 4. The number of hydrogen-bond donors (Lipinski definition) is 1. The number of imide groups is 1. The molecule has 4 rings (SSSR count). The predicted molar refractivity (Wildman–Crippen MR) is 102 cm³/mol. The molecule has 2 unspecified atom stereocenters. The zero-order valence-electron chi connectivity index (χ0n) is 15.8. The van der Waals surface area contributed by atoms with Gasteiger partial charge in [-0.15, -0.1) is 0 Å². The Bertz CT molecular complexity index is 934. The van der Waals surface area contributed by atoms with E-state index in [9.17, 15) is 19.2 Å². The number of ketones is 1. The number of benzene rings is 2. The van der Waals surface area contributed by atoms with E-state index >= 15 is 0 Å². The first-order chi connectivity index (χ1) is 13.9. The SMILES string of the molecule is CC1CC(=O)CC(N2C(=O)NC(c3ccccc3)(c3ccccc3)C2=O)OC1=O. The summed E-state index contributed by atoms with van der Waals surface area (Å²) in [5, 5.41) is 2.79. The third-order valence-electron chi connectivity index (χ3n) is 5.35. The molecular formula is C22H20N2O5. The Labute approximate surface area is 167 Å². The van der Waals surface area contributed by atoms with Gasteiger partial charge in [-0.2, -0.15) is 0 Å². The number of urea groups is 1. The van der Waals surface area contributed by atoms with Gasteiger partial charge in [0.15, 0.2) is 11.8 Å². The topological polar surface area (TPSA) is 92.8 Å². The molecule has 3 amide bonds. The molecule has 7 heteroatoms. The summed E-state index contributed by atoms with van der Waals surface area (Å²) in [6, 6.07) is 17.0. The fraction of sp³-hybridized carbons (Fsp3) is 0.273. The van der Waals surface area contributed by atoms with Gasteiger partial charge in [-0.3, -0.25) is 14.4 Å². The molecule has 2 aliphatic heterocycles. The molecule has 2 aromatic carbocycles. The van der Waals surface area contributed by atoms with Crippen molar-refractivity contribution in [1.82, 2.24) is 10.2 Å². The lowest BCUT2D eigenvalue weighted by Crippen LogP contribution is -2.47. The van der Waals surface area contributed by atoms with E-state index < -0.39 is 35.6 Å². The van der Waals surface area contributed by atoms with E-state index in [-0.39, 0.29) is 18.6 Å². The largest absolute Gasteiger partial charge is 0.440 e. The molecule has 2 aliphatic rings. The fourth-order valence-electron chi connectivity index (χ4n) is 3.88. The second kappa shape index (κ2) is 7.16. The van der Waals surface area contributed by atoms with E-state index in [4.69, 9.17) is 4.74 Å². The van der Waals surface area contributed by atoms with Crippen LogP contribution in [0.25, 0.3) is 0 Å². The van der Waals surface area contributed by atoms with Crippen LogP contribution in [0.2, 0.25) is 0 Å². The van der Waals surface area contributed by atoms with Crippen molar-refractivity contribution in [3.8, 4) is 0 Å². The van der Waals surface area contributed by atoms with E-state index in [0.29, 0.717) is 11.1 Å². The Morgan fingerprint density at radius 3 is 2.00 bits per heavy atom. The number of esters is 1. The summed E-state index contributed by atoms with van der Waals surface area (Å²) in [4.78, 5) is 51.9. The average Bonchev–Trinajstić information content (AvgIpc) is 2.92. The fourth-order valence-corrected chi connectivity index (χ4v) is 3.88. The lowest BCUT2D eigenvalue weighted by atomic mass is 9.82. The molecule has 2 fully saturated rings. The average molecular weight is 392 g/mol. The molecule has 0 bridgehead atoms. The number of carbonyl (C=O) groups is 4. The number of rotatable bonds is 3. The van der Waals surface area contributed by atoms with Gasteiger partial charge in [0.1, 0.15) is 5.78 Å². The Morgan fingerprint density at radius 1 is 0.897 bits per heavy atom. The van der Waals surface area contributed by atoms with Gasteiger partial charge in [-0.1, -0.05) is 67.6 Å². The summed E-state index contributed by atoms with van der Waals surface area (Å²) in [7, 11) is 0. The van der Waals surface area contributed by atoms with Gasteiger partial charge in [0.25, 0.3) is 5.91 Å². The monoisotopic (exact) mass is 392 g/mol. The first-order valence-corrected chi connectivity index (χ1v) is 9.42. The van der Waals surface area contributed by atoms with Crippen molar-refractivity contribution in [1.29, 1.82) is 0 Å². The van der Waals surface area contributed by atoms with Crippen molar-refractivity contribution in [2.45, 2.75) is 31.5 Å². The maximum Gasteiger partial charge on any atom is 0.328 e. The van der Waals surface area contributed by atoms with Gasteiger partial charge in [0.2, 0.25) is 0 Å². The van der Waals surface area contributed by atoms with Gasteiger partial charge in [-0.25, -0.2) is 9.69 Å². The lowest BCUT2D eigenvalue weighted by Gasteiger charge is -2.29. The predicted octanol–water partition coefficient (Wildman–Crippen LogP) is 2.35. The zero-order valence-corrected chi connectivity index (χ0v) is 15.8. The maximum absolute atomic E-state index is 13.7. The van der Waals surface area contributed by atoms with Crippen LogP contribution in [-0.2, 0) is 24.7 Å². The Morgan fingerprint density at radius 2 is 1.45 bits per heavy atom. The highest BCUT2D eigenvalue weighted by Crippen LogP contribution is 2.37. The third-order valence-corrected chi connectivity index (χ3v) is 5.35. The second-order valence-electron chi connectivity index (χ2n) is 7.33. The Kier molecular flexibility index (Phi) is 4.66. The van der Waals surface area contributed by atoms with Gasteiger partial charge in [0.05, 0.1) is 12.3 Å². The molecule has 0 spiro atoms. The smallest absolute Gasteiger partial charge is 0.328 e. The van der Waals surface area contributed by atoms with E-state index in [2.05, 4.69) is 5.32 Å². The van der Waals surface area contributed by atoms with Crippen molar-refractivity contribution in [3.63, 3.8) is 0 Å². The first-order valence-electron chi connectivity index (χ1n) is 9.42. The van der Waals surface area contributed by atoms with Crippen LogP contribution in [0, 0.1) is 5.92 Å². The normalized spacial score (nSPS) is 24.1. The summed E-state index contributed by atoms with van der Waals surface area (Å²) in [6.45, 7) is 1.59. The minimum atomic E-state index is -1.47. The molecule has 0 saturated carbocycles. The number of nitrogens with zero attached hydrogens (tertiary/aromatic N) is 1. The summed E-state index contributed by atoms with van der Waals surface area (Å²) >= 11 is 0. The summed E-state index contributed by atoms with van der Waals surface area (Å²) in [6.07, 6.45) is -1.45. The summed E-state index contributed by atoms with van der Waals surface area (Å²) < 4.78 is 5.37. The first kappa shape index (κ1) is 18.9. The zero-order chi connectivity index (χ0) is 20.6. The number of amides is 3. The molecule has 148 valence electrons. The number of Topliss-reactive ketones (excluding diaryl/α,β-unsaturated/α-hetero) is 1. The van der Waals surface area contributed by atoms with Crippen LogP contribution in [-0.4, -0.2) is 34.8 Å². The molecule has 2 saturated heterocycles. The molecule has 7 nitrogen and oxygen atoms in total. The molecule has 1 N–H and O–H groups in total. The second-order valence-corrected chi connectivity index (χ2v) is 7.33. The molecule has 29 heavy (non-hydrogen) atoms. The van der Waals surface area contributed by atoms with E-state index in [0.717, 1.165) is 4.90 Å². The minimum Gasteiger partial charge on any atom is -0.440 e. The van der Waals surface area contributed by atoms with E-state index in [1.54, 1.807) is 55.5 Å². The highest BCUT2D eigenvalue weighted by Gasteiger charge is 2.56. The molecule has 2 aromatic rings. The number of cyclic esters (lactones) is 1. The number of nitrogens with one attached hydrogen (secondary N) is 1. The Hall–Kier alpha value is -3.48. The minimum absolute atomic E-state index is 0.0293. The van der Waals surface area contributed by atoms with Gasteiger partial charge < -0.3 is 10.1 Å². The van der Waals surface area contributed by atoms with Gasteiger partial charge in [-0.05, 0) is 11.1 Å². The quantitative estimate of drug-likeness (QED) is 0.639. The van der Waals surface area contributed by atoms with Crippen LogP contribution in [0.5, 0.6) is 0 Å². The van der Waals surface area contributed by atoms with Crippen LogP contribution < -0.4 is 5.32 Å². The molecule has 0 aromatic heterocycles. The molecule has 0 aliphatic carbocycles. The standard InChI is InChI=1S/C22H20N2O5/c1-14-12-17(25)13-18(29-19(14)26)24-20(27)22(23-21(24)28,15-8-4-2-5-9-15)16-10-6-3-7-11-16/h2-11,14,18H,12-13H2,1H3,(H,23,28). The maximum atomic E-state index is 13.7. The lowest BCUT2D eigenvalue weighted by molar-refractivity contribution is -0.162. The van der Waals surface area contributed by atoms with Crippen LogP contribution in [0.4, 0.5) is 4.79 Å². The number of hydrogen-bond acceptors (Lipinski definition) is 5. The van der Waals surface area contributed by atoms with Crippen LogP contribution in [0.3, 0.4) is 0 Å². The van der Waals surface area contributed by atoms with Gasteiger partial charge in [0, 0.05) is 6.42 Å². The van der Waals surface area contributed by atoms with E-state index in [1.807, 2.05) is 12.1 Å². The van der Waals surface area contributed by atoms with Crippen LogP contribution in [0.1, 0.15) is 30.9 Å². The molecular weight excluding hydrogens is 372 g/mol. The molecule has 2 heterocycles. The van der Waals surface area contributed by atoms with Crippen LogP contribution in [0.15, 0.2) is 60.7 Å².